The van der Waals surface area contributed by atoms with Crippen LogP contribution in [0.1, 0.15) is 41.7 Å². The molecule has 0 aliphatic rings. The molecule has 0 spiro atoms. The smallest absolute Gasteiger partial charge is 0.416 e. The second-order valence-corrected chi connectivity index (χ2v) is 12.5. The molecule has 4 rings (SSSR count). The Morgan fingerprint density at radius 3 is 1.40 bits per heavy atom. The van der Waals surface area contributed by atoms with Gasteiger partial charge in [0, 0.05) is 11.4 Å². The zero-order chi connectivity index (χ0) is 39.8. The van der Waals surface area contributed by atoms with Crippen LogP contribution in [-0.2, 0) is 21.9 Å². The van der Waals surface area contributed by atoms with E-state index in [0.29, 0.717) is 17.6 Å². The van der Waals surface area contributed by atoms with Crippen LogP contribution in [-0.4, -0.2) is 46.4 Å². The van der Waals surface area contributed by atoms with Gasteiger partial charge in [-0.2, -0.15) is 26.3 Å². The molecule has 0 unspecified atom stereocenters. The first kappa shape index (κ1) is 41.8. The third kappa shape index (κ3) is 12.3. The highest BCUT2D eigenvalue weighted by atomic mass is 19.4. The molecular formula is C38H37F6N3O6. The van der Waals surface area contributed by atoms with Crippen LogP contribution in [0.15, 0.2) is 84.9 Å². The van der Waals surface area contributed by atoms with Gasteiger partial charge in [0.05, 0.1) is 17.7 Å². The van der Waals surface area contributed by atoms with Crippen LogP contribution < -0.4 is 20.1 Å². The van der Waals surface area contributed by atoms with E-state index < -0.39 is 58.8 Å². The van der Waals surface area contributed by atoms with Crippen molar-refractivity contribution >= 4 is 28.9 Å². The number of ether oxygens (including phenoxy) is 2. The summed E-state index contributed by atoms with van der Waals surface area (Å²) in [7, 11) is 0. The van der Waals surface area contributed by atoms with Crippen LogP contribution in [0.5, 0.6) is 11.5 Å². The molecule has 4 aromatic carbocycles. The van der Waals surface area contributed by atoms with E-state index in [2.05, 4.69) is 15.5 Å². The van der Waals surface area contributed by atoms with Crippen LogP contribution in [0.4, 0.5) is 43.4 Å². The van der Waals surface area contributed by atoms with Gasteiger partial charge in [0.25, 0.3) is 11.8 Å². The summed E-state index contributed by atoms with van der Waals surface area (Å²) in [5.74, 6) is -0.882. The number of anilines is 2. The number of nitrogens with zero attached hydrogens (tertiary/aromatic N) is 1. The van der Waals surface area contributed by atoms with Crippen LogP contribution in [0.3, 0.4) is 0 Å². The zero-order valence-corrected chi connectivity index (χ0v) is 29.2. The lowest BCUT2D eigenvalue weighted by atomic mass is 10.1. The Kier molecular flexibility index (Phi) is 13.3. The van der Waals surface area contributed by atoms with Crippen LogP contribution >= 0.6 is 0 Å². The number of carbonyl (C=O) groups excluding carboxylic acids is 2. The van der Waals surface area contributed by atoms with E-state index in [9.17, 15) is 46.1 Å². The molecule has 0 heterocycles. The van der Waals surface area contributed by atoms with Crippen molar-refractivity contribution in [3.63, 3.8) is 0 Å². The van der Waals surface area contributed by atoms with E-state index in [1.807, 2.05) is 26.0 Å². The van der Waals surface area contributed by atoms with Gasteiger partial charge in [-0.1, -0.05) is 47.5 Å². The number of rotatable bonds is 10. The first-order valence-electron chi connectivity index (χ1n) is 15.7. The van der Waals surface area contributed by atoms with Crippen molar-refractivity contribution in [2.75, 3.05) is 23.8 Å². The molecule has 2 amide bonds. The van der Waals surface area contributed by atoms with E-state index >= 15 is 0 Å². The standard InChI is InChI=1S/C19H17F3N2O3.C19H20F3NO3/c1-12-4-7-14(8-5-12)27-11-18(2,26)17(25)24-13-6-9-16(23-3)15(10-13)19(20,21)22;1-12-4-8-15(9-5-12)26-11-18(3,25)17(24)23-14-7-6-13(2)16(10-14)19(20,21)22/h4-10,26H,11H2,1-2H3,(H,24,25);4-10,25H,11H2,1-3H3,(H,23,24)/t2*18-/m00/s1. The first-order chi connectivity index (χ1) is 24.5. The third-order valence-electron chi connectivity index (χ3n) is 7.54. The Hall–Kier alpha value is -5.59. The summed E-state index contributed by atoms with van der Waals surface area (Å²) in [5, 5.41) is 25.1. The molecule has 4 aromatic rings. The minimum atomic E-state index is -4.74. The van der Waals surface area contributed by atoms with Crippen LogP contribution in [0, 0.1) is 27.3 Å². The highest BCUT2D eigenvalue weighted by molar-refractivity contribution is 5.97. The van der Waals surface area contributed by atoms with E-state index in [4.69, 9.17) is 16.0 Å². The van der Waals surface area contributed by atoms with Crippen molar-refractivity contribution in [2.24, 2.45) is 0 Å². The SMILES string of the molecule is Cc1ccc(OC[C@](C)(O)C(=O)Nc2ccc(C)c(C(F)(F)F)c2)cc1.[C-]#[N+]c1ccc(NC(=O)[C@@](C)(O)COc2ccc(C)cc2)cc1C(F)(F)F. The molecule has 4 N–H and O–H groups in total. The second kappa shape index (κ2) is 16.8. The molecule has 282 valence electrons. The molecule has 0 aliphatic carbocycles. The Bertz CT molecular complexity index is 1930. The molecule has 0 aliphatic heterocycles. The second-order valence-electron chi connectivity index (χ2n) is 12.5. The van der Waals surface area contributed by atoms with Crippen LogP contribution in [0.2, 0.25) is 0 Å². The lowest BCUT2D eigenvalue weighted by molar-refractivity contribution is -0.138. The average Bonchev–Trinajstić information content (AvgIpc) is 3.08. The van der Waals surface area contributed by atoms with Crippen molar-refractivity contribution in [1.29, 1.82) is 0 Å². The molecule has 15 heteroatoms. The van der Waals surface area contributed by atoms with E-state index in [-0.39, 0.29) is 23.5 Å². The Labute approximate surface area is 302 Å². The molecule has 0 radical (unpaired) electrons. The average molecular weight is 746 g/mol. The number of alkyl halides is 6. The summed E-state index contributed by atoms with van der Waals surface area (Å²) in [5.41, 5.74) is -4.64. The van der Waals surface area contributed by atoms with Crippen molar-refractivity contribution in [2.45, 2.75) is 58.2 Å². The topological polar surface area (TPSA) is 121 Å². The predicted octanol–water partition coefficient (Wildman–Crippen LogP) is 8.42. The first-order valence-corrected chi connectivity index (χ1v) is 15.7. The normalized spacial score (nSPS) is 13.6. The van der Waals surface area contributed by atoms with Gasteiger partial charge in [0.2, 0.25) is 0 Å². The van der Waals surface area contributed by atoms with Gasteiger partial charge < -0.3 is 30.3 Å². The van der Waals surface area contributed by atoms with Gasteiger partial charge in [-0.15, -0.1) is 0 Å². The van der Waals surface area contributed by atoms with Gasteiger partial charge in [-0.3, -0.25) is 9.59 Å². The number of aryl methyl sites for hydroxylation is 3. The lowest BCUT2D eigenvalue weighted by Gasteiger charge is -2.23. The Morgan fingerprint density at radius 2 is 1.02 bits per heavy atom. The molecule has 0 fully saturated rings. The molecule has 53 heavy (non-hydrogen) atoms. The Balaban J connectivity index is 0.000000286. The maximum Gasteiger partial charge on any atom is 0.416 e. The largest absolute Gasteiger partial charge is 0.490 e. The summed E-state index contributed by atoms with van der Waals surface area (Å²) in [6, 6.07) is 20.2. The van der Waals surface area contributed by atoms with Gasteiger partial charge in [0.15, 0.2) is 16.9 Å². The Morgan fingerprint density at radius 1 is 0.642 bits per heavy atom. The molecule has 0 bridgehead atoms. The fourth-order valence-corrected chi connectivity index (χ4v) is 4.32. The highest BCUT2D eigenvalue weighted by Gasteiger charge is 2.36. The third-order valence-corrected chi connectivity index (χ3v) is 7.54. The number of hydrogen-bond donors (Lipinski definition) is 4. The lowest BCUT2D eigenvalue weighted by Crippen LogP contribution is -2.45. The van der Waals surface area contributed by atoms with Gasteiger partial charge in [-0.05, 0) is 88.7 Å². The van der Waals surface area contributed by atoms with E-state index in [1.165, 1.54) is 32.9 Å². The summed E-state index contributed by atoms with van der Waals surface area (Å²) < 4.78 is 88.6. The molecule has 2 atom stereocenters. The molecular weight excluding hydrogens is 708 g/mol. The number of nitrogens with one attached hydrogen (secondary N) is 2. The summed E-state index contributed by atoms with van der Waals surface area (Å²) in [6.45, 7) is 13.6. The maximum atomic E-state index is 13.0. The highest BCUT2D eigenvalue weighted by Crippen LogP contribution is 2.38. The molecule has 0 saturated heterocycles. The number of amides is 2. The number of aliphatic hydroxyl groups is 2. The van der Waals surface area contributed by atoms with Crippen molar-refractivity contribution in [3.05, 3.63) is 124 Å². The molecule has 9 nitrogen and oxygen atoms in total. The van der Waals surface area contributed by atoms with Gasteiger partial charge in [0.1, 0.15) is 24.7 Å². The van der Waals surface area contributed by atoms with Crippen molar-refractivity contribution < 1.29 is 55.6 Å². The van der Waals surface area contributed by atoms with E-state index in [1.54, 1.807) is 36.4 Å². The number of carbonyl (C=O) groups is 2. The molecule has 0 aromatic heterocycles. The minimum absolute atomic E-state index is 0.0463. The van der Waals surface area contributed by atoms with Crippen molar-refractivity contribution in [1.82, 2.24) is 0 Å². The van der Waals surface area contributed by atoms with Gasteiger partial charge >= 0.3 is 12.4 Å². The minimum Gasteiger partial charge on any atom is -0.490 e. The summed E-state index contributed by atoms with van der Waals surface area (Å²) >= 11 is 0. The quantitative estimate of drug-likeness (QED) is 0.0956. The van der Waals surface area contributed by atoms with Gasteiger partial charge in [-0.25, -0.2) is 4.85 Å². The monoisotopic (exact) mass is 745 g/mol. The zero-order valence-electron chi connectivity index (χ0n) is 29.2. The van der Waals surface area contributed by atoms with E-state index in [0.717, 1.165) is 29.3 Å². The number of halogens is 6. The van der Waals surface area contributed by atoms with Crippen molar-refractivity contribution in [3.8, 4) is 11.5 Å². The molecule has 0 saturated carbocycles. The summed E-state index contributed by atoms with van der Waals surface area (Å²) in [4.78, 5) is 27.3. The van der Waals surface area contributed by atoms with Crippen LogP contribution in [0.25, 0.3) is 4.85 Å². The maximum absolute atomic E-state index is 13.0. The fourth-order valence-electron chi connectivity index (χ4n) is 4.32. The predicted molar refractivity (Wildman–Crippen MR) is 186 cm³/mol. The number of benzene rings is 4. The number of hydrogen-bond acceptors (Lipinski definition) is 6. The fraction of sp³-hybridized carbons (Fsp3) is 0.289. The summed E-state index contributed by atoms with van der Waals surface area (Å²) in [6.07, 6.45) is -9.26.